The van der Waals surface area contributed by atoms with Crippen LogP contribution in [0.5, 0.6) is 11.5 Å². The lowest BCUT2D eigenvalue weighted by atomic mass is 10.2. The fourth-order valence-electron chi connectivity index (χ4n) is 2.25. The molecule has 0 atom stereocenters. The topological polar surface area (TPSA) is 47.5 Å². The maximum atomic E-state index is 14.2. The predicted octanol–water partition coefficient (Wildman–Crippen LogP) is 5.20. The molecule has 0 saturated carbocycles. The second kappa shape index (κ2) is 8.73. The first-order valence-corrected chi connectivity index (χ1v) is 9.62. The van der Waals surface area contributed by atoms with Crippen molar-refractivity contribution in [3.8, 4) is 11.5 Å². The Hall–Kier alpha value is -2.10. The van der Waals surface area contributed by atoms with Crippen molar-refractivity contribution in [2.24, 2.45) is 0 Å². The zero-order valence-electron chi connectivity index (χ0n) is 14.3. The molecule has 1 heterocycles. The molecule has 27 heavy (non-hydrogen) atoms. The highest BCUT2D eigenvalue weighted by Gasteiger charge is 2.19. The number of hydrogen-bond donors (Lipinski definition) is 0. The minimum atomic E-state index is -0.808. The van der Waals surface area contributed by atoms with Gasteiger partial charge in [-0.25, -0.2) is 8.78 Å². The number of halogens is 3. The lowest BCUT2D eigenvalue weighted by Gasteiger charge is -2.21. The van der Waals surface area contributed by atoms with Crippen molar-refractivity contribution in [3.05, 3.63) is 58.1 Å². The Bertz CT molecular complexity index is 929. The molecule has 10 heteroatoms. The Kier molecular flexibility index (Phi) is 6.35. The summed E-state index contributed by atoms with van der Waals surface area (Å²) in [5.41, 5.74) is 2.40. The van der Waals surface area contributed by atoms with E-state index in [0.29, 0.717) is 23.2 Å². The molecule has 0 bridgehead atoms. The van der Waals surface area contributed by atoms with Crippen molar-refractivity contribution in [2.75, 3.05) is 18.5 Å². The first kappa shape index (κ1) is 19.7. The highest BCUT2D eigenvalue weighted by atomic mass is 35.5. The van der Waals surface area contributed by atoms with Crippen LogP contribution in [0, 0.1) is 11.6 Å². The molecule has 0 fully saturated rings. The zero-order valence-corrected chi connectivity index (χ0v) is 16.7. The number of anilines is 1. The zero-order chi connectivity index (χ0) is 19.4. The number of ether oxygens (including phenoxy) is 2. The summed E-state index contributed by atoms with van der Waals surface area (Å²) in [5.74, 6) is -0.250. The number of hydrogen-bond acceptors (Lipinski definition) is 7. The summed E-state index contributed by atoms with van der Waals surface area (Å²) in [6, 6.07) is 7.41. The molecule has 5 nitrogen and oxygen atoms in total. The Balaban J connectivity index is 1.93. The van der Waals surface area contributed by atoms with Gasteiger partial charge >= 0.3 is 0 Å². The number of rotatable bonds is 7. The van der Waals surface area contributed by atoms with Crippen molar-refractivity contribution in [1.82, 2.24) is 10.2 Å². The highest BCUT2D eigenvalue weighted by Crippen LogP contribution is 2.36. The van der Waals surface area contributed by atoms with Crippen LogP contribution in [0.3, 0.4) is 0 Å². The molecule has 142 valence electrons. The van der Waals surface area contributed by atoms with Crippen molar-refractivity contribution in [3.63, 3.8) is 0 Å². The molecule has 1 aromatic heterocycles. The van der Waals surface area contributed by atoms with Gasteiger partial charge in [-0.05, 0) is 30.1 Å². The van der Waals surface area contributed by atoms with Crippen LogP contribution in [-0.4, -0.2) is 24.4 Å². The molecular weight excluding hydrogens is 416 g/mol. The van der Waals surface area contributed by atoms with E-state index >= 15 is 0 Å². The van der Waals surface area contributed by atoms with Crippen LogP contribution < -0.4 is 13.8 Å². The monoisotopic (exact) mass is 429 g/mol. The van der Waals surface area contributed by atoms with Gasteiger partial charge in [0.05, 0.1) is 30.7 Å². The van der Waals surface area contributed by atoms with Gasteiger partial charge < -0.3 is 9.47 Å². The van der Waals surface area contributed by atoms with Crippen LogP contribution in [0.4, 0.5) is 13.9 Å². The molecule has 3 rings (SSSR count). The molecule has 0 aliphatic rings. The van der Waals surface area contributed by atoms with E-state index in [1.807, 2.05) is 6.07 Å². The van der Waals surface area contributed by atoms with Gasteiger partial charge in [0, 0.05) is 17.7 Å². The van der Waals surface area contributed by atoms with Gasteiger partial charge in [-0.2, -0.15) is 0 Å². The summed E-state index contributed by atoms with van der Waals surface area (Å²) < 4.78 is 40.0. The molecule has 3 aromatic rings. The highest BCUT2D eigenvalue weighted by molar-refractivity contribution is 8.00. The minimum Gasteiger partial charge on any atom is -0.497 e. The average Bonchev–Trinajstić information content (AvgIpc) is 3.20. The van der Waals surface area contributed by atoms with Crippen LogP contribution >= 0.6 is 34.9 Å². The Morgan fingerprint density at radius 2 is 1.96 bits per heavy atom. The van der Waals surface area contributed by atoms with Crippen molar-refractivity contribution in [2.45, 2.75) is 11.4 Å². The lowest BCUT2D eigenvalue weighted by Crippen LogP contribution is -2.15. The third kappa shape index (κ3) is 4.60. The Labute approximate surface area is 168 Å². The van der Waals surface area contributed by atoms with Crippen LogP contribution in [0.15, 0.2) is 40.7 Å². The third-order valence-electron chi connectivity index (χ3n) is 3.55. The molecule has 0 amide bonds. The Morgan fingerprint density at radius 1 is 1.15 bits per heavy atom. The molecule has 0 aliphatic heterocycles. The minimum absolute atomic E-state index is 0.154. The maximum absolute atomic E-state index is 14.2. The molecular formula is C17H14ClF2N3O2S2. The lowest BCUT2D eigenvalue weighted by molar-refractivity contribution is 0.391. The second-order valence-corrected chi connectivity index (χ2v) is 7.51. The SMILES string of the molecule is COc1ccc(CN(Sc2cc(Cl)c(F)cc2F)c2nncs2)c(OC)c1. The molecule has 0 unspecified atom stereocenters. The molecule has 0 radical (unpaired) electrons. The summed E-state index contributed by atoms with van der Waals surface area (Å²) in [4.78, 5) is 0.170. The van der Waals surface area contributed by atoms with Gasteiger partial charge in [0.1, 0.15) is 28.6 Å². The van der Waals surface area contributed by atoms with Crippen molar-refractivity contribution in [1.29, 1.82) is 0 Å². The first-order valence-electron chi connectivity index (χ1n) is 7.59. The smallest absolute Gasteiger partial charge is 0.218 e. The van der Waals surface area contributed by atoms with Gasteiger partial charge in [-0.3, -0.25) is 4.31 Å². The van der Waals surface area contributed by atoms with Crippen LogP contribution in [0.25, 0.3) is 0 Å². The van der Waals surface area contributed by atoms with E-state index in [0.717, 1.165) is 23.6 Å². The molecule has 0 saturated heterocycles. The molecule has 0 N–H and O–H groups in total. The third-order valence-corrected chi connectivity index (χ3v) is 5.70. The molecule has 0 spiro atoms. The number of nitrogens with zero attached hydrogens (tertiary/aromatic N) is 3. The van der Waals surface area contributed by atoms with Gasteiger partial charge in [0.15, 0.2) is 0 Å². The summed E-state index contributed by atoms with van der Waals surface area (Å²) in [6.45, 7) is 0.335. The number of benzene rings is 2. The van der Waals surface area contributed by atoms with Gasteiger partial charge in [-0.15, -0.1) is 10.2 Å². The van der Waals surface area contributed by atoms with Crippen molar-refractivity contribution < 1.29 is 18.3 Å². The van der Waals surface area contributed by atoms with E-state index in [1.54, 1.807) is 36.2 Å². The molecule has 2 aromatic carbocycles. The first-order chi connectivity index (χ1) is 13.0. The van der Waals surface area contributed by atoms with Gasteiger partial charge in [0.25, 0.3) is 0 Å². The fourth-order valence-corrected chi connectivity index (χ4v) is 4.05. The van der Waals surface area contributed by atoms with E-state index in [2.05, 4.69) is 10.2 Å². The van der Waals surface area contributed by atoms with E-state index in [-0.39, 0.29) is 9.92 Å². The normalized spacial score (nSPS) is 10.7. The summed E-state index contributed by atoms with van der Waals surface area (Å²) in [6.07, 6.45) is 0. The number of methoxy groups -OCH3 is 2. The van der Waals surface area contributed by atoms with Crippen LogP contribution in [0.1, 0.15) is 5.56 Å². The van der Waals surface area contributed by atoms with E-state index < -0.39 is 11.6 Å². The standard InChI is InChI=1S/C17H14ClF2N3O2S2/c1-24-11-4-3-10(15(5-11)25-2)8-23(17-22-21-9-26-17)27-16-6-12(18)13(19)7-14(16)20/h3-7,9H,8H2,1-2H3. The average molecular weight is 430 g/mol. The summed E-state index contributed by atoms with van der Waals surface area (Å²) >= 11 is 8.14. The Morgan fingerprint density at radius 3 is 2.63 bits per heavy atom. The maximum Gasteiger partial charge on any atom is 0.218 e. The van der Waals surface area contributed by atoms with Gasteiger partial charge in [-0.1, -0.05) is 22.9 Å². The molecule has 0 aliphatic carbocycles. The van der Waals surface area contributed by atoms with E-state index in [9.17, 15) is 8.78 Å². The van der Waals surface area contributed by atoms with Crippen LogP contribution in [-0.2, 0) is 6.54 Å². The van der Waals surface area contributed by atoms with E-state index in [4.69, 9.17) is 21.1 Å². The largest absolute Gasteiger partial charge is 0.497 e. The number of aromatic nitrogens is 2. The van der Waals surface area contributed by atoms with Gasteiger partial charge in [0.2, 0.25) is 5.13 Å². The second-order valence-electron chi connectivity index (χ2n) is 5.22. The summed E-state index contributed by atoms with van der Waals surface area (Å²) in [7, 11) is 3.12. The quantitative estimate of drug-likeness (QED) is 0.380. The van der Waals surface area contributed by atoms with Crippen molar-refractivity contribution >= 4 is 40.0 Å². The summed E-state index contributed by atoms with van der Waals surface area (Å²) in [5, 5.41) is 8.28. The predicted molar refractivity (Wildman–Crippen MR) is 103 cm³/mol. The van der Waals surface area contributed by atoms with E-state index in [1.165, 1.54) is 17.4 Å². The fraction of sp³-hybridized carbons (Fsp3) is 0.176. The van der Waals surface area contributed by atoms with Crippen LogP contribution in [0.2, 0.25) is 5.02 Å².